The first-order chi connectivity index (χ1) is 10.3. The summed E-state index contributed by atoms with van der Waals surface area (Å²) >= 11 is 0. The van der Waals surface area contributed by atoms with Crippen molar-refractivity contribution < 1.29 is 14.1 Å². The maximum absolute atomic E-state index is 11.8. The second-order valence-corrected chi connectivity index (χ2v) is 4.63. The molecule has 21 heavy (non-hydrogen) atoms. The average Bonchev–Trinajstić information content (AvgIpc) is 3.00. The quantitative estimate of drug-likeness (QED) is 0.796. The summed E-state index contributed by atoms with van der Waals surface area (Å²) in [7, 11) is 1.73. The maximum atomic E-state index is 11.8. The van der Waals surface area contributed by atoms with Crippen molar-refractivity contribution in [2.45, 2.75) is 13.0 Å². The van der Waals surface area contributed by atoms with Crippen molar-refractivity contribution in [3.8, 4) is 0 Å². The number of urea groups is 1. The number of anilines is 1. The Balaban J connectivity index is 1.58. The molecule has 0 atom stereocenters. The molecule has 1 N–H and O–H groups in total. The number of hydrogen-bond donors (Lipinski definition) is 1. The van der Waals surface area contributed by atoms with Gasteiger partial charge in [0.1, 0.15) is 6.26 Å². The fraction of sp³-hybridized carbons (Fsp3) is 0.333. The molecular weight excluding hydrogens is 270 g/mol. The van der Waals surface area contributed by atoms with Gasteiger partial charge in [-0.1, -0.05) is 35.5 Å². The van der Waals surface area contributed by atoms with Crippen LogP contribution < -0.4 is 5.32 Å². The summed E-state index contributed by atoms with van der Waals surface area (Å²) in [4.78, 5) is 13.4. The highest BCUT2D eigenvalue weighted by molar-refractivity contribution is 5.87. The summed E-state index contributed by atoms with van der Waals surface area (Å²) in [5.74, 6) is 0.409. The SMILES string of the molecule is CN(CCCOCc1ccccc1)C(=O)Nc1ccon1. The van der Waals surface area contributed by atoms with Crippen LogP contribution in [0.4, 0.5) is 10.6 Å². The van der Waals surface area contributed by atoms with Gasteiger partial charge < -0.3 is 14.2 Å². The number of aromatic nitrogens is 1. The highest BCUT2D eigenvalue weighted by Gasteiger charge is 2.09. The zero-order chi connectivity index (χ0) is 14.9. The molecule has 0 saturated carbocycles. The lowest BCUT2D eigenvalue weighted by Crippen LogP contribution is -2.32. The molecule has 0 spiro atoms. The Morgan fingerprint density at radius 3 is 2.86 bits per heavy atom. The van der Waals surface area contributed by atoms with Crippen molar-refractivity contribution >= 4 is 11.8 Å². The van der Waals surface area contributed by atoms with Gasteiger partial charge in [-0.3, -0.25) is 5.32 Å². The molecule has 0 unspecified atom stereocenters. The molecule has 6 nitrogen and oxygen atoms in total. The summed E-state index contributed by atoms with van der Waals surface area (Å²) in [5.41, 5.74) is 1.15. The van der Waals surface area contributed by atoms with Crippen molar-refractivity contribution in [1.82, 2.24) is 10.1 Å². The fourth-order valence-electron chi connectivity index (χ4n) is 1.75. The third kappa shape index (κ3) is 5.27. The van der Waals surface area contributed by atoms with Gasteiger partial charge in [0, 0.05) is 26.3 Å². The van der Waals surface area contributed by atoms with Crippen LogP contribution >= 0.6 is 0 Å². The molecule has 0 aliphatic heterocycles. The van der Waals surface area contributed by atoms with E-state index in [0.717, 1.165) is 12.0 Å². The Kier molecular flexibility index (Phi) is 5.78. The Morgan fingerprint density at radius 1 is 1.33 bits per heavy atom. The molecule has 1 aromatic carbocycles. The van der Waals surface area contributed by atoms with Crippen molar-refractivity contribution in [1.29, 1.82) is 0 Å². The van der Waals surface area contributed by atoms with E-state index >= 15 is 0 Å². The van der Waals surface area contributed by atoms with Crippen molar-refractivity contribution in [3.63, 3.8) is 0 Å². The number of carbonyl (C=O) groups excluding carboxylic acids is 1. The molecule has 0 saturated heterocycles. The van der Waals surface area contributed by atoms with Gasteiger partial charge in [-0.15, -0.1) is 0 Å². The molecule has 0 fully saturated rings. The Bertz CT molecular complexity index is 528. The van der Waals surface area contributed by atoms with Crippen LogP contribution in [-0.2, 0) is 11.3 Å². The number of nitrogens with zero attached hydrogens (tertiary/aromatic N) is 2. The molecule has 1 heterocycles. The van der Waals surface area contributed by atoms with Crippen LogP contribution in [-0.4, -0.2) is 36.3 Å². The van der Waals surface area contributed by atoms with E-state index in [1.807, 2.05) is 30.3 Å². The molecule has 2 amide bonds. The second-order valence-electron chi connectivity index (χ2n) is 4.63. The van der Waals surface area contributed by atoms with E-state index in [9.17, 15) is 4.79 Å². The third-order valence-corrected chi connectivity index (χ3v) is 2.91. The van der Waals surface area contributed by atoms with Crippen molar-refractivity contribution in [2.75, 3.05) is 25.5 Å². The highest BCUT2D eigenvalue weighted by Crippen LogP contribution is 2.04. The van der Waals surface area contributed by atoms with Crippen LogP contribution in [0.3, 0.4) is 0 Å². The number of ether oxygens (including phenoxy) is 1. The minimum Gasteiger partial charge on any atom is -0.377 e. The van der Waals surface area contributed by atoms with E-state index < -0.39 is 0 Å². The second kappa shape index (κ2) is 8.06. The molecule has 0 radical (unpaired) electrons. The predicted molar refractivity (Wildman–Crippen MR) is 78.9 cm³/mol. The van der Waals surface area contributed by atoms with Gasteiger partial charge >= 0.3 is 6.03 Å². The van der Waals surface area contributed by atoms with Gasteiger partial charge in [-0.2, -0.15) is 0 Å². The zero-order valence-electron chi connectivity index (χ0n) is 12.0. The molecular formula is C15H19N3O3. The normalized spacial score (nSPS) is 10.3. The monoisotopic (exact) mass is 289 g/mol. The lowest BCUT2D eigenvalue weighted by molar-refractivity contribution is 0.113. The fourth-order valence-corrected chi connectivity index (χ4v) is 1.75. The van der Waals surface area contributed by atoms with Gasteiger partial charge in [0.05, 0.1) is 6.61 Å². The van der Waals surface area contributed by atoms with Crippen LogP contribution in [0, 0.1) is 0 Å². The van der Waals surface area contributed by atoms with Crippen LogP contribution in [0.15, 0.2) is 47.2 Å². The molecule has 112 valence electrons. The number of nitrogens with one attached hydrogen (secondary N) is 1. The highest BCUT2D eigenvalue weighted by atomic mass is 16.5. The number of benzene rings is 1. The number of amides is 2. The summed E-state index contributed by atoms with van der Waals surface area (Å²) in [6.07, 6.45) is 2.18. The first-order valence-electron chi connectivity index (χ1n) is 6.80. The first-order valence-corrected chi connectivity index (χ1v) is 6.80. The Labute approximate surface area is 123 Å². The van der Waals surface area contributed by atoms with Gasteiger partial charge in [-0.05, 0) is 12.0 Å². The standard InChI is InChI=1S/C15H19N3O3/c1-18(15(19)16-14-8-11-21-17-14)9-5-10-20-12-13-6-3-2-4-7-13/h2-4,6-8,11H,5,9-10,12H2,1H3,(H,16,17,19). The Hall–Kier alpha value is -2.34. The topological polar surface area (TPSA) is 67.6 Å². The largest absolute Gasteiger partial charge is 0.377 e. The van der Waals surface area contributed by atoms with E-state index in [1.165, 1.54) is 6.26 Å². The van der Waals surface area contributed by atoms with Crippen LogP contribution in [0.25, 0.3) is 0 Å². The Morgan fingerprint density at radius 2 is 2.14 bits per heavy atom. The minimum absolute atomic E-state index is 0.216. The van der Waals surface area contributed by atoms with Crippen LogP contribution in [0.1, 0.15) is 12.0 Å². The molecule has 0 aliphatic rings. The van der Waals surface area contributed by atoms with Gasteiger partial charge in [-0.25, -0.2) is 4.79 Å². The van der Waals surface area contributed by atoms with E-state index in [0.29, 0.717) is 25.6 Å². The van der Waals surface area contributed by atoms with Crippen LogP contribution in [0.2, 0.25) is 0 Å². The predicted octanol–water partition coefficient (Wildman–Crippen LogP) is 2.75. The van der Waals surface area contributed by atoms with E-state index in [2.05, 4.69) is 15.0 Å². The van der Waals surface area contributed by atoms with Crippen molar-refractivity contribution in [2.24, 2.45) is 0 Å². The minimum atomic E-state index is -0.216. The van der Waals surface area contributed by atoms with Crippen LogP contribution in [0.5, 0.6) is 0 Å². The third-order valence-electron chi connectivity index (χ3n) is 2.91. The lowest BCUT2D eigenvalue weighted by Gasteiger charge is -2.16. The molecule has 0 aliphatic carbocycles. The zero-order valence-corrected chi connectivity index (χ0v) is 12.0. The maximum Gasteiger partial charge on any atom is 0.322 e. The summed E-state index contributed by atoms with van der Waals surface area (Å²) in [5, 5.41) is 6.25. The van der Waals surface area contributed by atoms with Gasteiger partial charge in [0.25, 0.3) is 0 Å². The van der Waals surface area contributed by atoms with E-state index in [4.69, 9.17) is 4.74 Å². The lowest BCUT2D eigenvalue weighted by atomic mass is 10.2. The first kappa shape index (κ1) is 15.1. The summed E-state index contributed by atoms with van der Waals surface area (Å²) in [6.45, 7) is 1.81. The number of hydrogen-bond acceptors (Lipinski definition) is 4. The average molecular weight is 289 g/mol. The molecule has 0 bridgehead atoms. The molecule has 6 heteroatoms. The van der Waals surface area contributed by atoms with E-state index in [1.54, 1.807) is 18.0 Å². The summed E-state index contributed by atoms with van der Waals surface area (Å²) < 4.78 is 10.2. The molecule has 1 aromatic heterocycles. The van der Waals surface area contributed by atoms with Gasteiger partial charge in [0.2, 0.25) is 0 Å². The summed E-state index contributed by atoms with van der Waals surface area (Å²) in [6, 6.07) is 11.4. The van der Waals surface area contributed by atoms with Gasteiger partial charge in [0.15, 0.2) is 5.82 Å². The molecule has 2 aromatic rings. The number of carbonyl (C=O) groups is 1. The molecule has 2 rings (SSSR count). The smallest absolute Gasteiger partial charge is 0.322 e. The number of rotatable bonds is 7. The van der Waals surface area contributed by atoms with Crippen molar-refractivity contribution in [3.05, 3.63) is 48.2 Å². The van der Waals surface area contributed by atoms with E-state index in [-0.39, 0.29) is 6.03 Å².